The zero-order valence-electron chi connectivity index (χ0n) is 17.3. The van der Waals surface area contributed by atoms with Crippen molar-refractivity contribution in [3.63, 3.8) is 0 Å². The summed E-state index contributed by atoms with van der Waals surface area (Å²) in [5.74, 6) is 1.90. The van der Waals surface area contributed by atoms with Crippen LogP contribution in [-0.4, -0.2) is 38.8 Å². The SMILES string of the molecule is CCNC(=NCc1ccccc1Cn1cccn1)NCCS(=O)Cc1ccccc1. The molecule has 0 radical (unpaired) electrons. The average Bonchev–Trinajstić information content (AvgIpc) is 3.27. The first-order chi connectivity index (χ1) is 14.7. The van der Waals surface area contributed by atoms with Gasteiger partial charge in [-0.1, -0.05) is 54.6 Å². The third kappa shape index (κ3) is 7.15. The number of guanidine groups is 1. The molecule has 0 aliphatic rings. The van der Waals surface area contributed by atoms with E-state index in [0.717, 1.165) is 30.2 Å². The predicted molar refractivity (Wildman–Crippen MR) is 124 cm³/mol. The second-order valence-electron chi connectivity index (χ2n) is 6.87. The van der Waals surface area contributed by atoms with Crippen LogP contribution in [0.5, 0.6) is 0 Å². The molecule has 0 amide bonds. The molecular weight excluding hydrogens is 394 g/mol. The Balaban J connectivity index is 1.54. The summed E-state index contributed by atoms with van der Waals surface area (Å²) in [6.07, 6.45) is 3.75. The van der Waals surface area contributed by atoms with Gasteiger partial charge in [0.15, 0.2) is 5.96 Å². The Morgan fingerprint density at radius 3 is 2.53 bits per heavy atom. The fourth-order valence-corrected chi connectivity index (χ4v) is 4.09. The summed E-state index contributed by atoms with van der Waals surface area (Å²) in [5.41, 5.74) is 3.47. The number of aliphatic imine (C=N–C) groups is 1. The van der Waals surface area contributed by atoms with Crippen LogP contribution >= 0.6 is 0 Å². The van der Waals surface area contributed by atoms with E-state index in [1.54, 1.807) is 6.20 Å². The van der Waals surface area contributed by atoms with Gasteiger partial charge >= 0.3 is 0 Å². The summed E-state index contributed by atoms with van der Waals surface area (Å²) in [6.45, 7) is 4.71. The number of nitrogens with zero attached hydrogens (tertiary/aromatic N) is 3. The quantitative estimate of drug-likeness (QED) is 0.389. The Morgan fingerprint density at radius 2 is 1.80 bits per heavy atom. The van der Waals surface area contributed by atoms with Gasteiger partial charge in [0.05, 0.1) is 13.1 Å². The van der Waals surface area contributed by atoms with E-state index in [-0.39, 0.29) is 0 Å². The van der Waals surface area contributed by atoms with Crippen LogP contribution in [0.1, 0.15) is 23.6 Å². The molecule has 30 heavy (non-hydrogen) atoms. The van der Waals surface area contributed by atoms with Crippen LogP contribution in [0.3, 0.4) is 0 Å². The minimum Gasteiger partial charge on any atom is -0.357 e. The zero-order chi connectivity index (χ0) is 21.0. The van der Waals surface area contributed by atoms with Crippen molar-refractivity contribution in [1.29, 1.82) is 0 Å². The van der Waals surface area contributed by atoms with Gasteiger partial charge in [0.2, 0.25) is 0 Å². The van der Waals surface area contributed by atoms with Gasteiger partial charge in [0.1, 0.15) is 0 Å². The molecule has 0 spiro atoms. The largest absolute Gasteiger partial charge is 0.357 e. The van der Waals surface area contributed by atoms with Gasteiger partial charge in [-0.2, -0.15) is 5.10 Å². The summed E-state index contributed by atoms with van der Waals surface area (Å²) in [6, 6.07) is 20.2. The number of hydrogen-bond acceptors (Lipinski definition) is 3. The molecule has 0 bridgehead atoms. The molecule has 1 atom stereocenters. The second-order valence-corrected chi connectivity index (χ2v) is 8.44. The monoisotopic (exact) mass is 423 g/mol. The lowest BCUT2D eigenvalue weighted by Crippen LogP contribution is -2.39. The molecule has 0 fully saturated rings. The van der Waals surface area contributed by atoms with E-state index >= 15 is 0 Å². The third-order valence-electron chi connectivity index (χ3n) is 4.55. The zero-order valence-corrected chi connectivity index (χ0v) is 18.1. The molecule has 6 nitrogen and oxygen atoms in total. The summed E-state index contributed by atoms with van der Waals surface area (Å²) >= 11 is 0. The summed E-state index contributed by atoms with van der Waals surface area (Å²) < 4.78 is 14.2. The van der Waals surface area contributed by atoms with Crippen LogP contribution < -0.4 is 10.6 Å². The van der Waals surface area contributed by atoms with Gasteiger partial charge in [0.25, 0.3) is 0 Å². The molecule has 3 rings (SSSR count). The maximum Gasteiger partial charge on any atom is 0.191 e. The smallest absolute Gasteiger partial charge is 0.191 e. The Hall–Kier alpha value is -2.93. The van der Waals surface area contributed by atoms with E-state index < -0.39 is 10.8 Å². The van der Waals surface area contributed by atoms with Crippen LogP contribution in [-0.2, 0) is 29.6 Å². The Kier molecular flexibility index (Phi) is 8.65. The standard InChI is InChI=1S/C23H29N5OS/c1-2-24-23(25-14-16-30(29)19-20-9-4-3-5-10-20)26-17-21-11-6-7-12-22(21)18-28-15-8-13-27-28/h3-13,15H,2,14,16-19H2,1H3,(H2,24,25,26). The third-order valence-corrected chi connectivity index (χ3v) is 5.87. The highest BCUT2D eigenvalue weighted by Crippen LogP contribution is 2.11. The first-order valence-corrected chi connectivity index (χ1v) is 11.7. The van der Waals surface area contributed by atoms with Crippen LogP contribution in [0.4, 0.5) is 0 Å². The number of hydrogen-bond donors (Lipinski definition) is 2. The fraction of sp³-hybridized carbons (Fsp3) is 0.304. The van der Waals surface area contributed by atoms with Gasteiger partial charge in [-0.05, 0) is 29.7 Å². The molecule has 0 aliphatic carbocycles. The van der Waals surface area contributed by atoms with Crippen LogP contribution in [0, 0.1) is 0 Å². The molecule has 0 aliphatic heterocycles. The summed E-state index contributed by atoms with van der Waals surface area (Å²) in [5, 5.41) is 10.9. The van der Waals surface area contributed by atoms with Crippen molar-refractivity contribution in [2.75, 3.05) is 18.8 Å². The topological polar surface area (TPSA) is 71.3 Å². The van der Waals surface area contributed by atoms with Gasteiger partial charge in [0, 0.05) is 47.8 Å². The second kappa shape index (κ2) is 11.9. The summed E-state index contributed by atoms with van der Waals surface area (Å²) in [4.78, 5) is 4.72. The van der Waals surface area contributed by atoms with Crippen molar-refractivity contribution >= 4 is 16.8 Å². The van der Waals surface area contributed by atoms with Crippen molar-refractivity contribution in [3.05, 3.63) is 89.7 Å². The Labute approximate surface area is 180 Å². The number of rotatable bonds is 10. The minimum absolute atomic E-state index is 0.569. The first kappa shape index (κ1) is 21.8. The van der Waals surface area contributed by atoms with Gasteiger partial charge in [-0.25, -0.2) is 4.99 Å². The van der Waals surface area contributed by atoms with Gasteiger partial charge in [-0.15, -0.1) is 0 Å². The van der Waals surface area contributed by atoms with Crippen LogP contribution in [0.2, 0.25) is 0 Å². The molecule has 7 heteroatoms. The fourth-order valence-electron chi connectivity index (χ4n) is 3.06. The molecule has 1 heterocycles. The number of benzene rings is 2. The summed E-state index contributed by atoms with van der Waals surface area (Å²) in [7, 11) is -0.909. The molecule has 2 aromatic carbocycles. The maximum absolute atomic E-state index is 12.3. The highest BCUT2D eigenvalue weighted by atomic mass is 32.2. The lowest BCUT2D eigenvalue weighted by atomic mass is 10.1. The molecule has 158 valence electrons. The van der Waals surface area contributed by atoms with Gasteiger partial charge in [-0.3, -0.25) is 8.89 Å². The molecule has 1 aromatic heterocycles. The maximum atomic E-state index is 12.3. The van der Waals surface area contributed by atoms with E-state index in [1.165, 1.54) is 5.56 Å². The van der Waals surface area contributed by atoms with Crippen molar-refractivity contribution in [1.82, 2.24) is 20.4 Å². The van der Waals surface area contributed by atoms with E-state index in [2.05, 4.69) is 27.9 Å². The normalized spacial score (nSPS) is 12.5. The van der Waals surface area contributed by atoms with Crippen molar-refractivity contribution in [3.8, 4) is 0 Å². The van der Waals surface area contributed by atoms with Crippen LogP contribution in [0.25, 0.3) is 0 Å². The lowest BCUT2D eigenvalue weighted by molar-refractivity contribution is 0.680. The Morgan fingerprint density at radius 1 is 1.03 bits per heavy atom. The van der Waals surface area contributed by atoms with Crippen molar-refractivity contribution in [2.24, 2.45) is 4.99 Å². The van der Waals surface area contributed by atoms with E-state index in [9.17, 15) is 4.21 Å². The Bertz CT molecular complexity index is 941. The molecule has 3 aromatic rings. The number of aromatic nitrogens is 2. The van der Waals surface area contributed by atoms with E-state index in [4.69, 9.17) is 4.99 Å². The minimum atomic E-state index is -0.909. The molecule has 0 saturated carbocycles. The van der Waals surface area contributed by atoms with Gasteiger partial charge < -0.3 is 10.6 Å². The van der Waals surface area contributed by atoms with Crippen LogP contribution in [0.15, 0.2) is 78.0 Å². The molecule has 2 N–H and O–H groups in total. The van der Waals surface area contributed by atoms with E-state index in [0.29, 0.717) is 24.6 Å². The molecule has 1 unspecified atom stereocenters. The van der Waals surface area contributed by atoms with Crippen molar-refractivity contribution in [2.45, 2.75) is 25.8 Å². The molecule has 0 saturated heterocycles. The first-order valence-electron chi connectivity index (χ1n) is 10.2. The average molecular weight is 424 g/mol. The predicted octanol–water partition coefficient (Wildman–Crippen LogP) is 2.94. The highest BCUT2D eigenvalue weighted by Gasteiger charge is 2.05. The van der Waals surface area contributed by atoms with E-state index in [1.807, 2.05) is 66.3 Å². The highest BCUT2D eigenvalue weighted by molar-refractivity contribution is 7.84. The molecular formula is C23H29N5OS. The number of nitrogens with one attached hydrogen (secondary N) is 2. The van der Waals surface area contributed by atoms with Crippen molar-refractivity contribution < 1.29 is 4.21 Å². The lowest BCUT2D eigenvalue weighted by Gasteiger charge is -2.12.